The molecule has 0 radical (unpaired) electrons. The smallest absolute Gasteiger partial charge is 0.119 e. The number of hydrogen-bond donors (Lipinski definition) is 1. The Hall–Kier alpha value is -1.06. The molecule has 0 atom stereocenters. The molecule has 0 spiro atoms. The van der Waals surface area contributed by atoms with Gasteiger partial charge in [-0.2, -0.15) is 0 Å². The number of ether oxygens (including phenoxy) is 2. The Kier molecular flexibility index (Phi) is 4.83. The molecule has 1 aromatic carbocycles. The van der Waals surface area contributed by atoms with Crippen LogP contribution in [0.3, 0.4) is 0 Å². The highest BCUT2D eigenvalue weighted by molar-refractivity contribution is 5.20. The summed E-state index contributed by atoms with van der Waals surface area (Å²) >= 11 is 0. The molecule has 2 rings (SSSR count). The van der Waals surface area contributed by atoms with Crippen molar-refractivity contribution in [3.05, 3.63) is 30.3 Å². The monoisotopic (exact) mass is 236 g/mol. The first-order valence-corrected chi connectivity index (χ1v) is 6.32. The van der Waals surface area contributed by atoms with Gasteiger partial charge in [0, 0.05) is 0 Å². The zero-order valence-corrected chi connectivity index (χ0v) is 10.0. The predicted octanol–water partition coefficient (Wildman–Crippen LogP) is 2.39. The SMILES string of the molecule is OC1CCC(OCCOc2ccccc2)CC1. The van der Waals surface area contributed by atoms with E-state index in [1.807, 2.05) is 30.3 Å². The third-order valence-electron chi connectivity index (χ3n) is 3.09. The highest BCUT2D eigenvalue weighted by Crippen LogP contribution is 2.20. The fourth-order valence-corrected chi connectivity index (χ4v) is 2.10. The number of benzene rings is 1. The minimum absolute atomic E-state index is 0.115. The third-order valence-corrected chi connectivity index (χ3v) is 3.09. The lowest BCUT2D eigenvalue weighted by Crippen LogP contribution is -2.25. The van der Waals surface area contributed by atoms with E-state index in [-0.39, 0.29) is 6.10 Å². The van der Waals surface area contributed by atoms with E-state index in [0.29, 0.717) is 19.3 Å². The molecule has 1 fully saturated rings. The largest absolute Gasteiger partial charge is 0.491 e. The molecule has 0 saturated heterocycles. The highest BCUT2D eigenvalue weighted by Gasteiger charge is 2.19. The average Bonchev–Trinajstić information content (AvgIpc) is 2.38. The van der Waals surface area contributed by atoms with Crippen molar-refractivity contribution in [3.63, 3.8) is 0 Å². The number of aliphatic hydroxyl groups is 1. The molecule has 0 bridgehead atoms. The second-order valence-corrected chi connectivity index (χ2v) is 4.46. The van der Waals surface area contributed by atoms with Gasteiger partial charge in [0.15, 0.2) is 0 Å². The van der Waals surface area contributed by atoms with Crippen LogP contribution in [-0.4, -0.2) is 30.5 Å². The van der Waals surface area contributed by atoms with Gasteiger partial charge in [0.25, 0.3) is 0 Å². The van der Waals surface area contributed by atoms with Crippen molar-refractivity contribution in [1.29, 1.82) is 0 Å². The molecule has 17 heavy (non-hydrogen) atoms. The van der Waals surface area contributed by atoms with E-state index >= 15 is 0 Å². The van der Waals surface area contributed by atoms with E-state index in [9.17, 15) is 5.11 Å². The minimum atomic E-state index is -0.115. The van der Waals surface area contributed by atoms with Crippen LogP contribution in [-0.2, 0) is 4.74 Å². The van der Waals surface area contributed by atoms with Gasteiger partial charge in [-0.15, -0.1) is 0 Å². The topological polar surface area (TPSA) is 38.7 Å². The molecule has 0 aliphatic heterocycles. The molecule has 94 valence electrons. The van der Waals surface area contributed by atoms with Gasteiger partial charge >= 0.3 is 0 Å². The van der Waals surface area contributed by atoms with Crippen LogP contribution >= 0.6 is 0 Å². The lowest BCUT2D eigenvalue weighted by Gasteiger charge is -2.25. The molecule has 1 aliphatic rings. The van der Waals surface area contributed by atoms with Gasteiger partial charge in [0.05, 0.1) is 18.8 Å². The van der Waals surface area contributed by atoms with Gasteiger partial charge < -0.3 is 14.6 Å². The van der Waals surface area contributed by atoms with Crippen molar-refractivity contribution in [3.8, 4) is 5.75 Å². The van der Waals surface area contributed by atoms with Crippen LogP contribution in [0.2, 0.25) is 0 Å². The van der Waals surface area contributed by atoms with E-state index < -0.39 is 0 Å². The van der Waals surface area contributed by atoms with E-state index in [2.05, 4.69) is 0 Å². The summed E-state index contributed by atoms with van der Waals surface area (Å²) in [6.45, 7) is 1.21. The van der Waals surface area contributed by atoms with Gasteiger partial charge in [0.1, 0.15) is 12.4 Å². The molecule has 1 N–H and O–H groups in total. The number of para-hydroxylation sites is 1. The maximum absolute atomic E-state index is 9.37. The fourth-order valence-electron chi connectivity index (χ4n) is 2.10. The van der Waals surface area contributed by atoms with Crippen LogP contribution in [0.4, 0.5) is 0 Å². The van der Waals surface area contributed by atoms with Crippen LogP contribution in [0.5, 0.6) is 5.75 Å². The number of rotatable bonds is 5. The van der Waals surface area contributed by atoms with Crippen molar-refractivity contribution in [2.75, 3.05) is 13.2 Å². The van der Waals surface area contributed by atoms with Crippen molar-refractivity contribution >= 4 is 0 Å². The first kappa shape index (κ1) is 12.4. The lowest BCUT2D eigenvalue weighted by atomic mass is 9.95. The van der Waals surface area contributed by atoms with Crippen molar-refractivity contribution in [1.82, 2.24) is 0 Å². The normalized spacial score (nSPS) is 24.5. The second-order valence-electron chi connectivity index (χ2n) is 4.46. The first-order valence-electron chi connectivity index (χ1n) is 6.32. The Morgan fingerprint density at radius 2 is 1.71 bits per heavy atom. The molecule has 0 aromatic heterocycles. The summed E-state index contributed by atoms with van der Waals surface area (Å²) in [5.41, 5.74) is 0. The maximum Gasteiger partial charge on any atom is 0.119 e. The Labute approximate surface area is 102 Å². The standard InChI is InChI=1S/C14H20O3/c15-12-6-8-14(9-7-12)17-11-10-16-13-4-2-1-3-5-13/h1-5,12,14-15H,6-11H2. The molecule has 3 nitrogen and oxygen atoms in total. The van der Waals surface area contributed by atoms with Crippen LogP contribution < -0.4 is 4.74 Å². The predicted molar refractivity (Wildman–Crippen MR) is 66.2 cm³/mol. The van der Waals surface area contributed by atoms with Crippen LogP contribution in [0, 0.1) is 0 Å². The Balaban J connectivity index is 1.57. The van der Waals surface area contributed by atoms with E-state index in [1.165, 1.54) is 0 Å². The molecular formula is C14H20O3. The van der Waals surface area contributed by atoms with Gasteiger partial charge in [-0.05, 0) is 37.8 Å². The zero-order valence-electron chi connectivity index (χ0n) is 10.0. The minimum Gasteiger partial charge on any atom is -0.491 e. The van der Waals surface area contributed by atoms with Crippen molar-refractivity contribution < 1.29 is 14.6 Å². The Bertz CT molecular complexity index is 305. The Morgan fingerprint density at radius 3 is 2.41 bits per heavy atom. The van der Waals surface area contributed by atoms with Gasteiger partial charge in [0.2, 0.25) is 0 Å². The van der Waals surface area contributed by atoms with E-state index in [4.69, 9.17) is 9.47 Å². The summed E-state index contributed by atoms with van der Waals surface area (Å²) < 4.78 is 11.3. The van der Waals surface area contributed by atoms with E-state index in [1.54, 1.807) is 0 Å². The molecule has 0 unspecified atom stereocenters. The molecule has 1 aliphatic carbocycles. The number of hydrogen-bond acceptors (Lipinski definition) is 3. The molecular weight excluding hydrogens is 216 g/mol. The average molecular weight is 236 g/mol. The summed E-state index contributed by atoms with van der Waals surface area (Å²) in [6, 6.07) is 9.77. The zero-order chi connectivity index (χ0) is 11.9. The van der Waals surface area contributed by atoms with Crippen LogP contribution in [0.25, 0.3) is 0 Å². The summed E-state index contributed by atoms with van der Waals surface area (Å²) in [7, 11) is 0. The van der Waals surface area contributed by atoms with Crippen molar-refractivity contribution in [2.24, 2.45) is 0 Å². The molecule has 1 saturated carbocycles. The fraction of sp³-hybridized carbons (Fsp3) is 0.571. The maximum atomic E-state index is 9.37. The first-order chi connectivity index (χ1) is 8.34. The quantitative estimate of drug-likeness (QED) is 0.798. The molecule has 0 heterocycles. The van der Waals surface area contributed by atoms with Crippen molar-refractivity contribution in [2.45, 2.75) is 37.9 Å². The summed E-state index contributed by atoms with van der Waals surface area (Å²) in [5, 5.41) is 9.37. The molecule has 3 heteroatoms. The molecule has 1 aromatic rings. The highest BCUT2D eigenvalue weighted by atomic mass is 16.5. The number of aliphatic hydroxyl groups excluding tert-OH is 1. The lowest BCUT2D eigenvalue weighted by molar-refractivity contribution is -0.0130. The second kappa shape index (κ2) is 6.62. The Morgan fingerprint density at radius 1 is 1.00 bits per heavy atom. The van der Waals surface area contributed by atoms with E-state index in [0.717, 1.165) is 31.4 Å². The van der Waals surface area contributed by atoms with Crippen LogP contribution in [0.1, 0.15) is 25.7 Å². The van der Waals surface area contributed by atoms with Gasteiger partial charge in [-0.1, -0.05) is 18.2 Å². The summed E-state index contributed by atoms with van der Waals surface area (Å²) in [4.78, 5) is 0. The van der Waals surface area contributed by atoms with Gasteiger partial charge in [-0.3, -0.25) is 0 Å². The third kappa shape index (κ3) is 4.36. The van der Waals surface area contributed by atoms with Crippen LogP contribution in [0.15, 0.2) is 30.3 Å². The molecule has 0 amide bonds. The van der Waals surface area contributed by atoms with Gasteiger partial charge in [-0.25, -0.2) is 0 Å². The summed E-state index contributed by atoms with van der Waals surface area (Å²) in [6.07, 6.45) is 3.85. The summed E-state index contributed by atoms with van der Waals surface area (Å²) in [5.74, 6) is 0.884.